The molecule has 2 aromatic carbocycles. The predicted molar refractivity (Wildman–Crippen MR) is 68.2 cm³/mol. The predicted octanol–water partition coefficient (Wildman–Crippen LogP) is 3.01. The van der Waals surface area contributed by atoms with E-state index in [4.69, 9.17) is 0 Å². The Kier molecular flexibility index (Phi) is 1.60. The molecule has 0 N–H and O–H groups in total. The van der Waals surface area contributed by atoms with E-state index in [0.717, 1.165) is 0 Å². The summed E-state index contributed by atoms with van der Waals surface area (Å²) in [4.78, 5) is 0. The van der Waals surface area contributed by atoms with Crippen molar-refractivity contribution in [2.75, 3.05) is 4.57 Å². The first-order valence-corrected chi connectivity index (χ1v) is 7.60. The summed E-state index contributed by atoms with van der Waals surface area (Å²) in [5.74, 6) is 0. The van der Waals surface area contributed by atoms with Crippen LogP contribution < -0.4 is 4.57 Å². The molecule has 2 aromatic rings. The van der Waals surface area contributed by atoms with Crippen LogP contribution in [0.1, 0.15) is 11.1 Å². The minimum Gasteiger partial charge on any atom is -0.368 e. The highest BCUT2D eigenvalue weighted by molar-refractivity contribution is 6.67. The van der Waals surface area contributed by atoms with Gasteiger partial charge < -0.3 is 4.57 Å². The van der Waals surface area contributed by atoms with Gasteiger partial charge in [0.1, 0.15) is 0 Å². The summed E-state index contributed by atoms with van der Waals surface area (Å²) in [6.45, 7) is 0. The minimum atomic E-state index is -0.399. The Bertz CT molecular complexity index is 515. The molecule has 2 aliphatic rings. The number of fused-ring (bicyclic) bond motifs is 5. The third kappa shape index (κ3) is 0.999. The zero-order valence-electron chi connectivity index (χ0n) is 8.98. The summed E-state index contributed by atoms with van der Waals surface area (Å²) < 4.78 is 2.62. The van der Waals surface area contributed by atoms with E-state index in [1.165, 1.54) is 23.5 Å². The van der Waals surface area contributed by atoms with Crippen LogP contribution in [-0.2, 0) is 12.1 Å². The van der Waals surface area contributed by atoms with Gasteiger partial charge in [-0.15, -0.1) is 0 Å². The van der Waals surface area contributed by atoms with Crippen LogP contribution in [0.15, 0.2) is 48.5 Å². The van der Waals surface area contributed by atoms with Crippen LogP contribution in [0.4, 0.5) is 11.4 Å². The Labute approximate surface area is 97.0 Å². The lowest BCUT2D eigenvalue weighted by molar-refractivity contribution is 1.33. The van der Waals surface area contributed by atoms with Gasteiger partial charge in [-0.05, 0) is 35.3 Å². The molecule has 1 nitrogen and oxygen atoms in total. The molecule has 4 rings (SSSR count). The van der Waals surface area contributed by atoms with Crippen molar-refractivity contribution in [1.82, 2.24) is 0 Å². The molecule has 0 aliphatic carbocycles. The Balaban J connectivity index is 1.93. The molecule has 2 heteroatoms. The number of rotatable bonds is 0. The number of nitrogens with zero attached hydrogens (tertiary/aromatic N) is 1. The van der Waals surface area contributed by atoms with E-state index in [0.29, 0.717) is 0 Å². The van der Waals surface area contributed by atoms with Gasteiger partial charge in [0.15, 0.2) is 8.96 Å². The second-order valence-electron chi connectivity index (χ2n) is 4.51. The number of para-hydroxylation sites is 2. The van der Waals surface area contributed by atoms with E-state index in [1.807, 2.05) is 0 Å². The molecule has 0 atom stereocenters. The molecule has 0 fully saturated rings. The number of benzene rings is 2. The molecule has 0 aromatic heterocycles. The maximum atomic E-state index is 2.62. The van der Waals surface area contributed by atoms with Crippen molar-refractivity contribution in [2.24, 2.45) is 0 Å². The molecule has 2 aliphatic heterocycles. The first-order chi connectivity index (χ1) is 7.93. The van der Waals surface area contributed by atoms with E-state index >= 15 is 0 Å². The van der Waals surface area contributed by atoms with E-state index in [-0.39, 0.29) is 0 Å². The zero-order chi connectivity index (χ0) is 10.5. The number of hydrogen-bond acceptors (Lipinski definition) is 1. The lowest BCUT2D eigenvalue weighted by Gasteiger charge is -2.19. The Morgan fingerprint density at radius 2 is 1.25 bits per heavy atom. The van der Waals surface area contributed by atoms with Crippen LogP contribution in [0.5, 0.6) is 0 Å². The normalized spacial score (nSPS) is 17.1. The van der Waals surface area contributed by atoms with Gasteiger partial charge >= 0.3 is 0 Å². The third-order valence-electron chi connectivity index (χ3n) is 3.57. The maximum absolute atomic E-state index is 2.62. The topological polar surface area (TPSA) is 3.24 Å². The summed E-state index contributed by atoms with van der Waals surface area (Å²) in [7, 11) is -0.399. The quantitative estimate of drug-likeness (QED) is 0.619. The van der Waals surface area contributed by atoms with E-state index in [2.05, 4.69) is 53.1 Å². The van der Waals surface area contributed by atoms with Gasteiger partial charge in [-0.25, -0.2) is 0 Å². The molecule has 16 heavy (non-hydrogen) atoms. The summed E-state index contributed by atoms with van der Waals surface area (Å²) in [6, 6.07) is 20.4. The van der Waals surface area contributed by atoms with E-state index in [9.17, 15) is 0 Å². The average molecular weight is 222 g/mol. The standard InChI is InChI=1S/C14H12NSi/c1-3-7-13-11(5-1)9-16-10-12-6-2-4-8-14(12)15(13)16/h1-8H,9-10H2. The van der Waals surface area contributed by atoms with Crippen molar-refractivity contribution in [3.05, 3.63) is 59.7 Å². The van der Waals surface area contributed by atoms with Gasteiger partial charge in [-0.3, -0.25) is 0 Å². The average Bonchev–Trinajstić information content (AvgIpc) is 2.83. The SMILES string of the molecule is c1ccc2c(c1)C[Si]1Cc3ccccc3N21. The van der Waals surface area contributed by atoms with Crippen molar-refractivity contribution >= 4 is 20.3 Å². The van der Waals surface area contributed by atoms with Crippen LogP contribution in [0.2, 0.25) is 0 Å². The summed E-state index contributed by atoms with van der Waals surface area (Å²) in [5.41, 5.74) is 6.01. The molecule has 2 heterocycles. The van der Waals surface area contributed by atoms with Gasteiger partial charge in [-0.2, -0.15) is 0 Å². The van der Waals surface area contributed by atoms with Crippen molar-refractivity contribution in [1.29, 1.82) is 0 Å². The molecule has 0 unspecified atom stereocenters. The lowest BCUT2D eigenvalue weighted by atomic mass is 10.1. The Morgan fingerprint density at radius 1 is 0.750 bits per heavy atom. The van der Waals surface area contributed by atoms with Crippen molar-refractivity contribution in [3.63, 3.8) is 0 Å². The van der Waals surface area contributed by atoms with E-state index in [1.54, 1.807) is 11.1 Å². The fraction of sp³-hybridized carbons (Fsp3) is 0.143. The second-order valence-corrected chi connectivity index (χ2v) is 6.80. The summed E-state index contributed by atoms with van der Waals surface area (Å²) in [6.07, 6.45) is 0. The highest BCUT2D eigenvalue weighted by atomic mass is 28.3. The lowest BCUT2D eigenvalue weighted by Crippen LogP contribution is -2.28. The summed E-state index contributed by atoms with van der Waals surface area (Å²) >= 11 is 0. The molecular weight excluding hydrogens is 210 g/mol. The first kappa shape index (κ1) is 8.59. The van der Waals surface area contributed by atoms with Crippen LogP contribution >= 0.6 is 0 Å². The second kappa shape index (κ2) is 2.98. The highest BCUT2D eigenvalue weighted by Crippen LogP contribution is 2.43. The fourth-order valence-corrected chi connectivity index (χ4v) is 5.92. The minimum absolute atomic E-state index is 0.399. The van der Waals surface area contributed by atoms with Crippen LogP contribution in [-0.4, -0.2) is 8.96 Å². The first-order valence-electron chi connectivity index (χ1n) is 5.74. The van der Waals surface area contributed by atoms with Crippen LogP contribution in [0, 0.1) is 0 Å². The maximum Gasteiger partial charge on any atom is 0.185 e. The van der Waals surface area contributed by atoms with Gasteiger partial charge in [0.2, 0.25) is 0 Å². The van der Waals surface area contributed by atoms with Gasteiger partial charge in [0.05, 0.1) is 0 Å². The molecule has 0 bridgehead atoms. The van der Waals surface area contributed by atoms with Gasteiger partial charge in [-0.1, -0.05) is 36.4 Å². The molecule has 0 amide bonds. The molecule has 0 spiro atoms. The third-order valence-corrected chi connectivity index (χ3v) is 6.26. The zero-order valence-corrected chi connectivity index (χ0v) is 9.98. The highest BCUT2D eigenvalue weighted by Gasteiger charge is 2.38. The molecule has 1 radical (unpaired) electrons. The molecular formula is C14H12NSi. The van der Waals surface area contributed by atoms with Crippen molar-refractivity contribution in [3.8, 4) is 0 Å². The van der Waals surface area contributed by atoms with Crippen molar-refractivity contribution < 1.29 is 0 Å². The van der Waals surface area contributed by atoms with Gasteiger partial charge in [0.25, 0.3) is 0 Å². The molecule has 0 saturated carbocycles. The summed E-state index contributed by atoms with van der Waals surface area (Å²) in [5, 5.41) is 0. The number of anilines is 2. The van der Waals surface area contributed by atoms with Crippen LogP contribution in [0.25, 0.3) is 0 Å². The largest absolute Gasteiger partial charge is 0.368 e. The molecule has 0 saturated heterocycles. The molecule has 77 valence electrons. The Hall–Kier alpha value is -1.54. The van der Waals surface area contributed by atoms with Gasteiger partial charge in [0, 0.05) is 11.4 Å². The van der Waals surface area contributed by atoms with E-state index < -0.39 is 8.96 Å². The fourth-order valence-electron chi connectivity index (χ4n) is 2.89. The monoisotopic (exact) mass is 222 g/mol. The van der Waals surface area contributed by atoms with Crippen molar-refractivity contribution in [2.45, 2.75) is 12.1 Å². The smallest absolute Gasteiger partial charge is 0.185 e. The Morgan fingerprint density at radius 3 is 1.81 bits per heavy atom. The van der Waals surface area contributed by atoms with Crippen LogP contribution in [0.3, 0.4) is 0 Å². The number of hydrogen-bond donors (Lipinski definition) is 0.